The minimum Gasteiger partial charge on any atom is -0.298 e. The van der Waals surface area contributed by atoms with E-state index in [2.05, 4.69) is 0 Å². The lowest BCUT2D eigenvalue weighted by atomic mass is 10.2. The van der Waals surface area contributed by atoms with Crippen molar-refractivity contribution in [3.63, 3.8) is 0 Å². The number of carbonyl (C=O) groups is 1. The number of sulfone groups is 1. The van der Waals surface area contributed by atoms with Gasteiger partial charge in [-0.3, -0.25) is 4.79 Å². The Morgan fingerprint density at radius 2 is 2.00 bits per heavy atom. The average Bonchev–Trinajstić information content (AvgIpc) is 2.94. The topological polar surface area (TPSA) is 51.2 Å². The molecule has 3 nitrogen and oxygen atoms in total. The van der Waals surface area contributed by atoms with Crippen LogP contribution >= 0.6 is 0 Å². The Morgan fingerprint density at radius 3 is 2.50 bits per heavy atom. The molecule has 2 aliphatic carbocycles. The second-order valence-corrected chi connectivity index (χ2v) is 7.70. The lowest BCUT2D eigenvalue weighted by Gasteiger charge is -2.15. The molecule has 2 fully saturated rings. The number of ketones is 1. The largest absolute Gasteiger partial charge is 0.298 e. The highest BCUT2D eigenvalue weighted by Crippen LogP contribution is 2.60. The monoisotopic (exact) mass is 264 g/mol. The van der Waals surface area contributed by atoms with E-state index in [1.807, 2.05) is 13.0 Å². The molecule has 0 radical (unpaired) electrons. The van der Waals surface area contributed by atoms with E-state index in [4.69, 9.17) is 0 Å². The van der Waals surface area contributed by atoms with Gasteiger partial charge in [-0.15, -0.1) is 0 Å². The van der Waals surface area contributed by atoms with Gasteiger partial charge in [-0.25, -0.2) is 8.42 Å². The molecule has 18 heavy (non-hydrogen) atoms. The molecule has 0 amide bonds. The maximum absolute atomic E-state index is 12.7. The molecule has 0 spiro atoms. The van der Waals surface area contributed by atoms with Gasteiger partial charge in [0, 0.05) is 6.42 Å². The summed E-state index contributed by atoms with van der Waals surface area (Å²) in [6.45, 7) is 3.73. The van der Waals surface area contributed by atoms with Crippen LogP contribution in [-0.2, 0) is 14.6 Å². The lowest BCUT2D eigenvalue weighted by molar-refractivity contribution is -0.118. The Morgan fingerprint density at radius 1 is 1.28 bits per heavy atom. The Bertz CT molecular complexity index is 645. The summed E-state index contributed by atoms with van der Waals surface area (Å²) in [6.07, 6.45) is 1.69. The molecule has 0 unspecified atom stereocenters. The fourth-order valence-electron chi connectivity index (χ4n) is 3.28. The lowest BCUT2D eigenvalue weighted by Crippen LogP contribution is -2.31. The minimum atomic E-state index is -3.51. The molecule has 0 bridgehead atoms. The summed E-state index contributed by atoms with van der Waals surface area (Å²) in [7, 11) is -3.51. The zero-order valence-corrected chi connectivity index (χ0v) is 11.4. The maximum Gasteiger partial charge on any atom is 0.191 e. The van der Waals surface area contributed by atoms with Crippen LogP contribution in [0.5, 0.6) is 0 Å². The van der Waals surface area contributed by atoms with Crippen molar-refractivity contribution in [1.29, 1.82) is 0 Å². The van der Waals surface area contributed by atoms with Crippen LogP contribution in [0.3, 0.4) is 0 Å². The van der Waals surface area contributed by atoms with Crippen molar-refractivity contribution in [1.82, 2.24) is 0 Å². The summed E-state index contributed by atoms with van der Waals surface area (Å²) in [5, 5.41) is 0. The molecule has 0 heterocycles. The summed E-state index contributed by atoms with van der Waals surface area (Å²) in [5.74, 6) is -0.0109. The van der Waals surface area contributed by atoms with Crippen molar-refractivity contribution in [3.8, 4) is 0 Å². The SMILES string of the molecule is Cc1ccc(S(=O)(=O)[C@]23C[C@H]2CCC3=O)c(C)c1. The number of fused-ring (bicyclic) bond motifs is 1. The molecular weight excluding hydrogens is 248 g/mol. The van der Waals surface area contributed by atoms with Crippen molar-refractivity contribution in [2.45, 2.75) is 42.8 Å². The molecule has 2 saturated carbocycles. The zero-order valence-electron chi connectivity index (χ0n) is 10.6. The van der Waals surface area contributed by atoms with Crippen LogP contribution in [0.1, 0.15) is 30.4 Å². The molecule has 3 rings (SSSR count). The molecule has 0 N–H and O–H groups in total. The highest BCUT2D eigenvalue weighted by Gasteiger charge is 2.71. The number of benzene rings is 1. The quantitative estimate of drug-likeness (QED) is 0.822. The van der Waals surface area contributed by atoms with Crippen LogP contribution in [0, 0.1) is 19.8 Å². The summed E-state index contributed by atoms with van der Waals surface area (Å²) in [5.41, 5.74) is 1.78. The fourth-order valence-corrected chi connectivity index (χ4v) is 5.78. The highest BCUT2D eigenvalue weighted by atomic mass is 32.2. The van der Waals surface area contributed by atoms with Crippen LogP contribution in [0.15, 0.2) is 23.1 Å². The number of hydrogen-bond donors (Lipinski definition) is 0. The van der Waals surface area contributed by atoms with Gasteiger partial charge in [0.05, 0.1) is 4.90 Å². The summed E-state index contributed by atoms with van der Waals surface area (Å²) in [4.78, 5) is 12.3. The zero-order chi connectivity index (χ0) is 13.1. The Kier molecular flexibility index (Phi) is 2.28. The third kappa shape index (κ3) is 1.30. The van der Waals surface area contributed by atoms with Gasteiger partial charge in [-0.1, -0.05) is 17.7 Å². The van der Waals surface area contributed by atoms with E-state index < -0.39 is 14.6 Å². The van der Waals surface area contributed by atoms with Crippen molar-refractivity contribution in [2.24, 2.45) is 5.92 Å². The van der Waals surface area contributed by atoms with Crippen LogP contribution < -0.4 is 0 Å². The predicted molar refractivity (Wildman–Crippen MR) is 68.2 cm³/mol. The summed E-state index contributed by atoms with van der Waals surface area (Å²) < 4.78 is 24.4. The first kappa shape index (κ1) is 11.9. The van der Waals surface area contributed by atoms with Crippen LogP contribution in [0.25, 0.3) is 0 Å². The second-order valence-electron chi connectivity index (χ2n) is 5.52. The molecule has 1 aromatic carbocycles. The maximum atomic E-state index is 12.7. The fraction of sp³-hybridized carbons (Fsp3) is 0.500. The smallest absolute Gasteiger partial charge is 0.191 e. The Labute approximate surface area is 107 Å². The predicted octanol–water partition coefficient (Wildman–Crippen LogP) is 2.20. The first-order chi connectivity index (χ1) is 8.39. The standard InChI is InChI=1S/C14H16O3S/c1-9-3-5-12(10(2)7-9)18(16,17)14-8-11(14)4-6-13(14)15/h3,5,7,11H,4,6,8H2,1-2H3/t11-,14-/m1/s1. The third-order valence-electron chi connectivity index (χ3n) is 4.34. The molecule has 2 atom stereocenters. The summed E-state index contributed by atoms with van der Waals surface area (Å²) in [6, 6.07) is 5.31. The van der Waals surface area contributed by atoms with E-state index in [0.29, 0.717) is 17.7 Å². The molecule has 4 heteroatoms. The van der Waals surface area contributed by atoms with Gasteiger partial charge in [-0.05, 0) is 44.2 Å². The number of hydrogen-bond acceptors (Lipinski definition) is 3. The van der Waals surface area contributed by atoms with Crippen molar-refractivity contribution >= 4 is 15.6 Å². The van der Waals surface area contributed by atoms with Gasteiger partial charge in [0.15, 0.2) is 15.6 Å². The highest BCUT2D eigenvalue weighted by molar-refractivity contribution is 7.94. The minimum absolute atomic E-state index is 0.0655. The van der Waals surface area contributed by atoms with E-state index in [1.54, 1.807) is 19.1 Å². The van der Waals surface area contributed by atoms with Gasteiger partial charge in [0.2, 0.25) is 0 Å². The Balaban J connectivity index is 2.14. The molecule has 0 saturated heterocycles. The van der Waals surface area contributed by atoms with Gasteiger partial charge < -0.3 is 0 Å². The van der Waals surface area contributed by atoms with E-state index >= 15 is 0 Å². The van der Waals surface area contributed by atoms with Gasteiger partial charge in [-0.2, -0.15) is 0 Å². The normalized spacial score (nSPS) is 30.3. The van der Waals surface area contributed by atoms with E-state index in [1.165, 1.54) is 0 Å². The Hall–Kier alpha value is -1.16. The van der Waals surface area contributed by atoms with E-state index in [-0.39, 0.29) is 11.7 Å². The van der Waals surface area contributed by atoms with E-state index in [9.17, 15) is 13.2 Å². The van der Waals surface area contributed by atoms with Crippen molar-refractivity contribution < 1.29 is 13.2 Å². The molecule has 96 valence electrons. The first-order valence-electron chi connectivity index (χ1n) is 6.25. The van der Waals surface area contributed by atoms with Crippen molar-refractivity contribution in [2.75, 3.05) is 0 Å². The number of Topliss-reactive ketones (excluding diaryl/α,β-unsaturated/α-hetero) is 1. The van der Waals surface area contributed by atoms with E-state index in [0.717, 1.165) is 17.5 Å². The number of aryl methyl sites for hydroxylation is 2. The summed E-state index contributed by atoms with van der Waals surface area (Å²) >= 11 is 0. The van der Waals surface area contributed by atoms with Crippen LogP contribution in [0.2, 0.25) is 0 Å². The van der Waals surface area contributed by atoms with Gasteiger partial charge >= 0.3 is 0 Å². The number of rotatable bonds is 2. The molecule has 2 aliphatic rings. The van der Waals surface area contributed by atoms with Gasteiger partial charge in [0.1, 0.15) is 4.75 Å². The van der Waals surface area contributed by atoms with Crippen molar-refractivity contribution in [3.05, 3.63) is 29.3 Å². The molecule has 1 aromatic rings. The van der Waals surface area contributed by atoms with Crippen LogP contribution in [0.4, 0.5) is 0 Å². The molecular formula is C14H16O3S. The second kappa shape index (κ2) is 3.44. The molecule has 0 aromatic heterocycles. The number of carbonyl (C=O) groups excluding carboxylic acids is 1. The average molecular weight is 264 g/mol. The first-order valence-corrected chi connectivity index (χ1v) is 7.73. The third-order valence-corrected chi connectivity index (χ3v) is 7.06. The van der Waals surface area contributed by atoms with Gasteiger partial charge in [0.25, 0.3) is 0 Å². The van der Waals surface area contributed by atoms with Crippen LogP contribution in [-0.4, -0.2) is 18.9 Å². The molecule has 0 aliphatic heterocycles.